The standard InChI is InChI=1S/C24H29N3O5S/c1-26-10-9-15-12-16-20(32-13-31-16)21(30-2)17(15)19(26)18-22(28)25-24(33)27(23(18)29)11-8-14-6-4-3-5-7-14/h6,12,19,29H,3-5,7-11,13H2,1-2H3,(H,25,28,33)/t19-/m1/s1. The van der Waals surface area contributed by atoms with Gasteiger partial charge in [0.15, 0.2) is 16.3 Å². The molecule has 5 rings (SSSR count). The van der Waals surface area contributed by atoms with Crippen LogP contribution in [0.4, 0.5) is 0 Å². The fourth-order valence-corrected chi connectivity index (χ4v) is 5.59. The van der Waals surface area contributed by atoms with Gasteiger partial charge in [0.05, 0.1) is 31.8 Å². The first-order valence-corrected chi connectivity index (χ1v) is 11.9. The van der Waals surface area contributed by atoms with E-state index in [0.29, 0.717) is 23.8 Å². The van der Waals surface area contributed by atoms with Crippen LogP contribution in [0.25, 0.3) is 0 Å². The van der Waals surface area contributed by atoms with E-state index in [2.05, 4.69) is 11.1 Å². The second kappa shape index (κ2) is 8.87. The number of aromatic nitrogens is 2. The number of hydrogen-bond donors (Lipinski definition) is 2. The summed E-state index contributed by atoms with van der Waals surface area (Å²) in [5.41, 5.74) is 2.93. The summed E-state index contributed by atoms with van der Waals surface area (Å²) in [5, 5.41) is 13.7. The van der Waals surface area contributed by atoms with Crippen LogP contribution in [-0.4, -0.2) is 37.0 Å². The lowest BCUT2D eigenvalue weighted by Gasteiger charge is -2.35. The topological polar surface area (TPSA) is 93.0 Å². The van der Waals surface area contributed by atoms with Gasteiger partial charge in [0.2, 0.25) is 12.5 Å². The molecule has 0 amide bonds. The fourth-order valence-electron chi connectivity index (χ4n) is 5.33. The zero-order valence-electron chi connectivity index (χ0n) is 19.0. The van der Waals surface area contributed by atoms with E-state index < -0.39 is 11.6 Å². The van der Waals surface area contributed by atoms with Crippen LogP contribution in [0.1, 0.15) is 54.8 Å². The normalized spacial score (nSPS) is 21.5. The van der Waals surface area contributed by atoms with E-state index in [4.69, 9.17) is 26.4 Å². The molecule has 2 atom stereocenters. The Morgan fingerprint density at radius 3 is 2.91 bits per heavy atom. The molecule has 3 heterocycles. The van der Waals surface area contributed by atoms with Crippen LogP contribution in [0.5, 0.6) is 23.1 Å². The quantitative estimate of drug-likeness (QED) is 0.510. The Morgan fingerprint density at radius 1 is 1.30 bits per heavy atom. The summed E-state index contributed by atoms with van der Waals surface area (Å²) in [7, 11) is 3.57. The van der Waals surface area contributed by atoms with E-state index in [-0.39, 0.29) is 23.0 Å². The predicted molar refractivity (Wildman–Crippen MR) is 123 cm³/mol. The van der Waals surface area contributed by atoms with Crippen molar-refractivity contribution in [2.75, 3.05) is 27.5 Å². The zero-order chi connectivity index (χ0) is 23.1. The highest BCUT2D eigenvalue weighted by molar-refractivity contribution is 7.71. The third kappa shape index (κ3) is 3.83. The molecule has 33 heavy (non-hydrogen) atoms. The number of ether oxygens (including phenoxy) is 3. The van der Waals surface area contributed by atoms with Gasteiger partial charge in [-0.05, 0) is 61.8 Å². The van der Waals surface area contributed by atoms with Crippen molar-refractivity contribution in [1.82, 2.24) is 9.55 Å². The summed E-state index contributed by atoms with van der Waals surface area (Å²) in [5.74, 6) is 1.37. The maximum atomic E-state index is 13.7. The maximum absolute atomic E-state index is 13.7. The largest absolute Gasteiger partial charge is 0.859 e. The van der Waals surface area contributed by atoms with Crippen molar-refractivity contribution >= 4 is 12.2 Å². The van der Waals surface area contributed by atoms with Gasteiger partial charge >= 0.3 is 0 Å². The minimum atomic E-state index is -0.495. The van der Waals surface area contributed by atoms with Crippen molar-refractivity contribution < 1.29 is 24.2 Å². The minimum Gasteiger partial charge on any atom is -0.859 e. The van der Waals surface area contributed by atoms with E-state index in [1.54, 1.807) is 11.7 Å². The molecule has 2 aliphatic heterocycles. The van der Waals surface area contributed by atoms with Crippen LogP contribution in [-0.2, 0) is 13.0 Å². The van der Waals surface area contributed by atoms with Crippen molar-refractivity contribution in [3.8, 4) is 23.1 Å². The molecule has 2 aromatic rings. The Bertz CT molecular complexity index is 1230. The number of nitrogens with one attached hydrogen (secondary N) is 2. The first kappa shape index (κ1) is 22.0. The molecular formula is C24H29N3O5S. The predicted octanol–water partition coefficient (Wildman–Crippen LogP) is 1.77. The Balaban J connectivity index is 1.62. The van der Waals surface area contributed by atoms with Crippen LogP contribution < -0.4 is 29.8 Å². The number of quaternary nitrogens is 1. The van der Waals surface area contributed by atoms with Crippen LogP contribution in [0.2, 0.25) is 0 Å². The van der Waals surface area contributed by atoms with Gasteiger partial charge in [0, 0.05) is 13.0 Å². The third-order valence-electron chi connectivity index (χ3n) is 7.03. The lowest BCUT2D eigenvalue weighted by molar-refractivity contribution is -0.908. The molecule has 0 saturated heterocycles. The Morgan fingerprint density at radius 2 is 2.15 bits per heavy atom. The number of aromatic amines is 1. The highest BCUT2D eigenvalue weighted by Crippen LogP contribution is 2.48. The highest BCUT2D eigenvalue weighted by Gasteiger charge is 2.39. The Hall–Kier alpha value is -2.78. The van der Waals surface area contributed by atoms with E-state index >= 15 is 0 Å². The van der Waals surface area contributed by atoms with Crippen molar-refractivity contribution in [3.63, 3.8) is 0 Å². The summed E-state index contributed by atoms with van der Waals surface area (Å²) < 4.78 is 18.7. The highest BCUT2D eigenvalue weighted by atomic mass is 32.1. The summed E-state index contributed by atoms with van der Waals surface area (Å²) >= 11 is 5.40. The lowest BCUT2D eigenvalue weighted by Crippen LogP contribution is -3.10. The fraction of sp³-hybridized carbons (Fsp3) is 0.500. The minimum absolute atomic E-state index is 0.121. The number of hydrogen-bond acceptors (Lipinski definition) is 6. The van der Waals surface area contributed by atoms with Gasteiger partial charge in [0.1, 0.15) is 6.04 Å². The van der Waals surface area contributed by atoms with Crippen molar-refractivity contribution in [1.29, 1.82) is 0 Å². The molecule has 0 fully saturated rings. The average Bonchev–Trinajstić information content (AvgIpc) is 3.27. The molecule has 0 spiro atoms. The molecule has 1 unspecified atom stereocenters. The number of methoxy groups -OCH3 is 1. The molecule has 2 N–H and O–H groups in total. The number of allylic oxidation sites excluding steroid dienone is 2. The monoisotopic (exact) mass is 471 g/mol. The van der Waals surface area contributed by atoms with Gasteiger partial charge < -0.3 is 28.8 Å². The van der Waals surface area contributed by atoms with Gasteiger partial charge in [-0.2, -0.15) is 0 Å². The molecule has 1 aliphatic carbocycles. The zero-order valence-corrected chi connectivity index (χ0v) is 19.8. The van der Waals surface area contributed by atoms with Gasteiger partial charge in [-0.3, -0.25) is 9.78 Å². The Labute approximate surface area is 197 Å². The van der Waals surface area contributed by atoms with Crippen LogP contribution in [0, 0.1) is 4.77 Å². The Kier molecular flexibility index (Phi) is 5.92. The average molecular weight is 472 g/mol. The molecule has 1 aromatic carbocycles. The van der Waals surface area contributed by atoms with Gasteiger partial charge in [-0.15, -0.1) is 0 Å². The number of benzene rings is 1. The molecule has 0 saturated carbocycles. The van der Waals surface area contributed by atoms with Crippen molar-refractivity contribution in [2.45, 2.75) is 51.1 Å². The lowest BCUT2D eigenvalue weighted by atomic mass is 9.87. The van der Waals surface area contributed by atoms with Crippen LogP contribution >= 0.6 is 12.2 Å². The van der Waals surface area contributed by atoms with Crippen molar-refractivity contribution in [2.24, 2.45) is 0 Å². The van der Waals surface area contributed by atoms with Crippen LogP contribution in [0.15, 0.2) is 22.5 Å². The summed E-state index contributed by atoms with van der Waals surface area (Å²) in [4.78, 5) is 17.0. The van der Waals surface area contributed by atoms with Gasteiger partial charge in [-0.1, -0.05) is 11.6 Å². The summed E-state index contributed by atoms with van der Waals surface area (Å²) in [6.45, 7) is 1.35. The first-order valence-electron chi connectivity index (χ1n) is 11.5. The van der Waals surface area contributed by atoms with Gasteiger partial charge in [-0.25, -0.2) is 0 Å². The molecule has 176 valence electrons. The summed E-state index contributed by atoms with van der Waals surface area (Å²) in [6, 6.07) is 1.45. The summed E-state index contributed by atoms with van der Waals surface area (Å²) in [6.07, 6.45) is 8.37. The SMILES string of the molecule is COc1c2c(cc3c1[C@H](c1c([O-])n(CCC4=CCCCC4)c(=S)[nH]c1=O)[NH+](C)CC3)OCO2. The second-order valence-electron chi connectivity index (χ2n) is 8.98. The number of nitrogens with zero attached hydrogens (tertiary/aromatic N) is 1. The van der Waals surface area contributed by atoms with Crippen molar-refractivity contribution in [3.05, 3.63) is 49.5 Å². The molecule has 0 bridgehead atoms. The molecule has 9 heteroatoms. The van der Waals surface area contributed by atoms with E-state index in [1.807, 2.05) is 13.1 Å². The molecule has 8 nitrogen and oxygen atoms in total. The smallest absolute Gasteiger partial charge is 0.260 e. The first-order chi connectivity index (χ1) is 16.0. The van der Waals surface area contributed by atoms with E-state index in [9.17, 15) is 9.90 Å². The number of fused-ring (bicyclic) bond motifs is 2. The molecule has 0 radical (unpaired) electrons. The molecule has 1 aromatic heterocycles. The van der Waals surface area contributed by atoms with Crippen LogP contribution in [0.3, 0.4) is 0 Å². The van der Waals surface area contributed by atoms with E-state index in [0.717, 1.165) is 48.3 Å². The molecular weight excluding hydrogens is 442 g/mol. The number of likely N-dealkylation sites (N-methyl/N-ethyl adjacent to an activating group) is 1. The number of H-pyrrole nitrogens is 1. The number of rotatable bonds is 5. The maximum Gasteiger partial charge on any atom is 0.260 e. The third-order valence-corrected chi connectivity index (χ3v) is 7.36. The second-order valence-corrected chi connectivity index (χ2v) is 9.37. The molecule has 3 aliphatic rings. The van der Waals surface area contributed by atoms with Gasteiger partial charge in [0.25, 0.3) is 5.56 Å². The van der Waals surface area contributed by atoms with E-state index in [1.165, 1.54) is 18.4 Å².